The van der Waals surface area contributed by atoms with Crippen LogP contribution in [0.1, 0.15) is 46.6 Å². The SMILES string of the molecule is C.C.CC(CC1C(=O)OC(=O)C1C)c1ccccc1. The lowest BCUT2D eigenvalue weighted by molar-refractivity contribution is -0.153. The highest BCUT2D eigenvalue weighted by Gasteiger charge is 2.41. The lowest BCUT2D eigenvalue weighted by Crippen LogP contribution is -2.17. The zero-order chi connectivity index (χ0) is 12.4. The summed E-state index contributed by atoms with van der Waals surface area (Å²) < 4.78 is 4.64. The molecule has 1 aromatic carbocycles. The number of hydrogen-bond donors (Lipinski definition) is 0. The van der Waals surface area contributed by atoms with Crippen molar-refractivity contribution in [1.29, 1.82) is 0 Å². The summed E-state index contributed by atoms with van der Waals surface area (Å²) in [5, 5.41) is 0. The van der Waals surface area contributed by atoms with Crippen LogP contribution in [0.25, 0.3) is 0 Å². The van der Waals surface area contributed by atoms with Crippen LogP contribution in [-0.4, -0.2) is 11.9 Å². The van der Waals surface area contributed by atoms with Crippen LogP contribution in [0.2, 0.25) is 0 Å². The van der Waals surface area contributed by atoms with Gasteiger partial charge in [-0.2, -0.15) is 0 Å². The molecular formula is C16H24O3. The molecule has 1 aliphatic rings. The summed E-state index contributed by atoms with van der Waals surface area (Å²) in [6.07, 6.45) is 0.662. The Hall–Kier alpha value is -1.64. The van der Waals surface area contributed by atoms with Crippen LogP contribution in [0.5, 0.6) is 0 Å². The van der Waals surface area contributed by atoms with E-state index in [1.54, 1.807) is 6.92 Å². The summed E-state index contributed by atoms with van der Waals surface area (Å²) in [5.41, 5.74) is 1.19. The summed E-state index contributed by atoms with van der Waals surface area (Å²) in [5.74, 6) is -1.11. The van der Waals surface area contributed by atoms with Crippen molar-refractivity contribution in [2.24, 2.45) is 11.8 Å². The molecule has 2 rings (SSSR count). The number of carbonyl (C=O) groups excluding carboxylic acids is 2. The molecule has 0 aromatic heterocycles. The highest BCUT2D eigenvalue weighted by Crippen LogP contribution is 2.32. The van der Waals surface area contributed by atoms with Gasteiger partial charge < -0.3 is 4.74 Å². The van der Waals surface area contributed by atoms with Crippen LogP contribution in [0.15, 0.2) is 30.3 Å². The Morgan fingerprint density at radius 2 is 1.68 bits per heavy atom. The van der Waals surface area contributed by atoms with Crippen molar-refractivity contribution in [1.82, 2.24) is 0 Å². The van der Waals surface area contributed by atoms with Crippen molar-refractivity contribution >= 4 is 11.9 Å². The Kier molecular flexibility index (Phi) is 6.46. The fourth-order valence-corrected chi connectivity index (χ4v) is 2.24. The molecule has 3 atom stereocenters. The van der Waals surface area contributed by atoms with Crippen molar-refractivity contribution in [2.45, 2.75) is 41.0 Å². The van der Waals surface area contributed by atoms with E-state index in [0.29, 0.717) is 6.42 Å². The van der Waals surface area contributed by atoms with Crippen molar-refractivity contribution < 1.29 is 14.3 Å². The summed E-state index contributed by atoms with van der Waals surface area (Å²) in [6, 6.07) is 10.0. The van der Waals surface area contributed by atoms with Gasteiger partial charge >= 0.3 is 11.9 Å². The van der Waals surface area contributed by atoms with Crippen LogP contribution < -0.4 is 0 Å². The van der Waals surface area contributed by atoms with E-state index in [9.17, 15) is 9.59 Å². The molecule has 0 radical (unpaired) electrons. The normalized spacial score (nSPS) is 23.1. The zero-order valence-corrected chi connectivity index (χ0v) is 10.1. The summed E-state index contributed by atoms with van der Waals surface area (Å²) in [6.45, 7) is 3.83. The van der Waals surface area contributed by atoms with Gasteiger partial charge in [0.25, 0.3) is 0 Å². The highest BCUT2D eigenvalue weighted by atomic mass is 16.6. The quantitative estimate of drug-likeness (QED) is 0.616. The molecule has 1 saturated heterocycles. The van der Waals surface area contributed by atoms with E-state index in [2.05, 4.69) is 11.7 Å². The van der Waals surface area contributed by atoms with Gasteiger partial charge in [-0.25, -0.2) is 0 Å². The van der Waals surface area contributed by atoms with Gasteiger partial charge in [-0.05, 0) is 17.9 Å². The fraction of sp³-hybridized carbons (Fsp3) is 0.500. The molecule has 3 unspecified atom stereocenters. The number of carbonyl (C=O) groups is 2. The number of esters is 2. The third-order valence-electron chi connectivity index (χ3n) is 3.46. The topological polar surface area (TPSA) is 43.4 Å². The number of cyclic esters (lactones) is 2. The molecule has 3 heteroatoms. The van der Waals surface area contributed by atoms with Gasteiger partial charge in [-0.3, -0.25) is 9.59 Å². The summed E-state index contributed by atoms with van der Waals surface area (Å²) >= 11 is 0. The molecule has 0 N–H and O–H groups in total. The molecule has 106 valence electrons. The first-order chi connectivity index (χ1) is 8.09. The minimum absolute atomic E-state index is 0. The Morgan fingerprint density at radius 3 is 2.16 bits per heavy atom. The third kappa shape index (κ3) is 3.66. The van der Waals surface area contributed by atoms with Gasteiger partial charge in [0.05, 0.1) is 11.8 Å². The second-order valence-electron chi connectivity index (χ2n) is 4.68. The van der Waals surface area contributed by atoms with E-state index in [1.807, 2.05) is 30.3 Å². The molecule has 0 aliphatic carbocycles. The molecular weight excluding hydrogens is 240 g/mol. The number of rotatable bonds is 3. The first-order valence-electron chi connectivity index (χ1n) is 5.90. The third-order valence-corrected chi connectivity index (χ3v) is 3.46. The van der Waals surface area contributed by atoms with Crippen molar-refractivity contribution in [3.63, 3.8) is 0 Å². The summed E-state index contributed by atoms with van der Waals surface area (Å²) in [7, 11) is 0. The average molecular weight is 264 g/mol. The molecule has 1 aromatic rings. The lowest BCUT2D eigenvalue weighted by Gasteiger charge is -2.16. The lowest BCUT2D eigenvalue weighted by atomic mass is 9.85. The predicted molar refractivity (Wildman–Crippen MR) is 76.7 cm³/mol. The van der Waals surface area contributed by atoms with Gasteiger partial charge in [0.2, 0.25) is 0 Å². The van der Waals surface area contributed by atoms with Crippen molar-refractivity contribution in [3.05, 3.63) is 35.9 Å². The number of ether oxygens (including phenoxy) is 1. The molecule has 0 saturated carbocycles. The molecule has 0 bridgehead atoms. The second-order valence-corrected chi connectivity index (χ2v) is 4.68. The Bertz CT molecular complexity index is 425. The Morgan fingerprint density at radius 1 is 1.11 bits per heavy atom. The van der Waals surface area contributed by atoms with Gasteiger partial charge in [0.15, 0.2) is 0 Å². The maximum Gasteiger partial charge on any atom is 0.317 e. The average Bonchev–Trinajstić information content (AvgIpc) is 2.57. The Balaban J connectivity index is 0.00000162. The second kappa shape index (κ2) is 7.07. The monoisotopic (exact) mass is 264 g/mol. The van der Waals surface area contributed by atoms with Crippen LogP contribution in [0, 0.1) is 11.8 Å². The van der Waals surface area contributed by atoms with Crippen LogP contribution in [0.4, 0.5) is 0 Å². The van der Waals surface area contributed by atoms with Crippen molar-refractivity contribution in [3.8, 4) is 0 Å². The standard InChI is InChI=1S/C14H16O3.2CH4/c1-9(11-6-4-3-5-7-11)8-12-10(2)13(15)17-14(12)16;;/h3-7,9-10,12H,8H2,1-2H3;2*1H4. The largest absolute Gasteiger partial charge is 0.393 e. The van der Waals surface area contributed by atoms with E-state index in [-0.39, 0.29) is 44.5 Å². The number of benzene rings is 1. The Labute approximate surface area is 116 Å². The minimum Gasteiger partial charge on any atom is -0.393 e. The molecule has 19 heavy (non-hydrogen) atoms. The molecule has 0 spiro atoms. The molecule has 0 amide bonds. The van der Waals surface area contributed by atoms with Crippen molar-refractivity contribution in [2.75, 3.05) is 0 Å². The zero-order valence-electron chi connectivity index (χ0n) is 10.1. The van der Waals surface area contributed by atoms with E-state index >= 15 is 0 Å². The molecule has 1 aliphatic heterocycles. The van der Waals surface area contributed by atoms with E-state index in [4.69, 9.17) is 0 Å². The van der Waals surface area contributed by atoms with Gasteiger partial charge in [-0.15, -0.1) is 0 Å². The molecule has 1 heterocycles. The fourth-order valence-electron chi connectivity index (χ4n) is 2.24. The van der Waals surface area contributed by atoms with Crippen LogP contribution in [0.3, 0.4) is 0 Å². The van der Waals surface area contributed by atoms with E-state index in [1.165, 1.54) is 5.56 Å². The maximum absolute atomic E-state index is 11.5. The van der Waals surface area contributed by atoms with Gasteiger partial charge in [0.1, 0.15) is 0 Å². The number of hydrogen-bond acceptors (Lipinski definition) is 3. The maximum atomic E-state index is 11.5. The molecule has 1 fully saturated rings. The van der Waals surface area contributed by atoms with E-state index in [0.717, 1.165) is 0 Å². The van der Waals surface area contributed by atoms with Crippen LogP contribution >= 0.6 is 0 Å². The highest BCUT2D eigenvalue weighted by molar-refractivity contribution is 5.96. The summed E-state index contributed by atoms with van der Waals surface area (Å²) in [4.78, 5) is 22.8. The van der Waals surface area contributed by atoms with Gasteiger partial charge in [-0.1, -0.05) is 59.0 Å². The first kappa shape index (κ1) is 17.4. The predicted octanol–water partition coefficient (Wildman–Crippen LogP) is 3.79. The molecule has 3 nitrogen and oxygen atoms in total. The smallest absolute Gasteiger partial charge is 0.317 e. The van der Waals surface area contributed by atoms with Crippen LogP contribution in [-0.2, 0) is 14.3 Å². The van der Waals surface area contributed by atoms with Gasteiger partial charge in [0, 0.05) is 0 Å². The van der Waals surface area contributed by atoms with E-state index < -0.39 is 0 Å². The first-order valence-corrected chi connectivity index (χ1v) is 5.90. The minimum atomic E-state index is -0.389.